The Bertz CT molecular complexity index is 433. The van der Waals surface area contributed by atoms with Gasteiger partial charge in [-0.15, -0.1) is 24.8 Å². The van der Waals surface area contributed by atoms with Crippen molar-refractivity contribution in [3.8, 4) is 0 Å². The van der Waals surface area contributed by atoms with E-state index in [-0.39, 0.29) is 37.3 Å². The van der Waals surface area contributed by atoms with Gasteiger partial charge in [-0.2, -0.15) is 0 Å². The quantitative estimate of drug-likeness (QED) is 0.889. The zero-order chi connectivity index (χ0) is 13.2. The number of hydrogen-bond donors (Lipinski definition) is 2. The number of benzene rings is 1. The summed E-state index contributed by atoms with van der Waals surface area (Å²) < 4.78 is 0. The van der Waals surface area contributed by atoms with Crippen LogP contribution in [0.2, 0.25) is 0 Å². The highest BCUT2D eigenvalue weighted by molar-refractivity contribution is 5.85. The van der Waals surface area contributed by atoms with Crippen molar-refractivity contribution in [2.45, 2.75) is 32.1 Å². The average molecular weight is 333 g/mol. The number of halogens is 2. The lowest BCUT2D eigenvalue weighted by Crippen LogP contribution is -2.34. The molecule has 0 bridgehead atoms. The Morgan fingerprint density at radius 1 is 1.10 bits per heavy atom. The SMILES string of the molecule is Cl.Cl.NCC(CO)Cc1cc2c3c(c1)CCCN3CCC2. The molecular formula is C16H26Cl2N2O. The van der Waals surface area contributed by atoms with E-state index in [2.05, 4.69) is 17.0 Å². The second-order valence-corrected chi connectivity index (χ2v) is 5.95. The van der Waals surface area contributed by atoms with E-state index >= 15 is 0 Å². The van der Waals surface area contributed by atoms with Crippen LogP contribution in [0.15, 0.2) is 12.1 Å². The average Bonchev–Trinajstić information content (AvgIpc) is 2.45. The Hall–Kier alpha value is -0.480. The molecule has 0 aromatic heterocycles. The zero-order valence-corrected chi connectivity index (χ0v) is 14.0. The van der Waals surface area contributed by atoms with E-state index in [9.17, 15) is 5.11 Å². The molecule has 21 heavy (non-hydrogen) atoms. The van der Waals surface area contributed by atoms with Crippen molar-refractivity contribution in [1.82, 2.24) is 0 Å². The van der Waals surface area contributed by atoms with Crippen molar-refractivity contribution >= 4 is 30.5 Å². The van der Waals surface area contributed by atoms with E-state index in [1.54, 1.807) is 0 Å². The molecule has 1 aromatic carbocycles. The number of aliphatic hydroxyl groups is 1. The van der Waals surface area contributed by atoms with Crippen molar-refractivity contribution in [3.63, 3.8) is 0 Å². The van der Waals surface area contributed by atoms with Crippen LogP contribution in [0.3, 0.4) is 0 Å². The first-order chi connectivity index (χ1) is 9.31. The molecule has 1 aromatic rings. The summed E-state index contributed by atoms with van der Waals surface area (Å²) in [5.41, 5.74) is 11.6. The van der Waals surface area contributed by atoms with Crippen LogP contribution in [0, 0.1) is 5.92 Å². The maximum absolute atomic E-state index is 9.32. The van der Waals surface area contributed by atoms with Gasteiger partial charge in [0.2, 0.25) is 0 Å². The molecule has 0 fully saturated rings. The summed E-state index contributed by atoms with van der Waals surface area (Å²) in [6, 6.07) is 4.71. The molecule has 1 unspecified atom stereocenters. The van der Waals surface area contributed by atoms with Gasteiger partial charge in [0.15, 0.2) is 0 Å². The number of aryl methyl sites for hydroxylation is 2. The number of aliphatic hydroxyl groups excluding tert-OH is 1. The summed E-state index contributed by atoms with van der Waals surface area (Å²) in [6.45, 7) is 3.20. The van der Waals surface area contributed by atoms with Crippen molar-refractivity contribution in [1.29, 1.82) is 0 Å². The Kier molecular flexibility index (Phi) is 7.28. The predicted octanol–water partition coefficient (Wildman–Crippen LogP) is 2.34. The lowest BCUT2D eigenvalue weighted by molar-refractivity contribution is 0.230. The molecule has 0 saturated carbocycles. The van der Waals surface area contributed by atoms with Crippen LogP contribution in [0.1, 0.15) is 29.5 Å². The first kappa shape index (κ1) is 18.6. The summed E-state index contributed by atoms with van der Waals surface area (Å²) in [5.74, 6) is 0.202. The first-order valence-corrected chi connectivity index (χ1v) is 7.52. The fourth-order valence-corrected chi connectivity index (χ4v) is 3.55. The summed E-state index contributed by atoms with van der Waals surface area (Å²) in [4.78, 5) is 2.56. The predicted molar refractivity (Wildman–Crippen MR) is 93.1 cm³/mol. The Morgan fingerprint density at radius 3 is 2.14 bits per heavy atom. The number of rotatable bonds is 4. The monoisotopic (exact) mass is 332 g/mol. The molecule has 3 N–H and O–H groups in total. The maximum atomic E-state index is 9.32. The van der Waals surface area contributed by atoms with E-state index < -0.39 is 0 Å². The highest BCUT2D eigenvalue weighted by Gasteiger charge is 2.24. The van der Waals surface area contributed by atoms with E-state index in [1.807, 2.05) is 0 Å². The van der Waals surface area contributed by atoms with E-state index in [0.717, 1.165) is 6.42 Å². The minimum absolute atomic E-state index is 0. The van der Waals surface area contributed by atoms with Gasteiger partial charge in [0.1, 0.15) is 0 Å². The molecule has 2 aliphatic rings. The summed E-state index contributed by atoms with van der Waals surface area (Å²) in [5, 5.41) is 9.32. The van der Waals surface area contributed by atoms with Crippen molar-refractivity contribution < 1.29 is 5.11 Å². The maximum Gasteiger partial charge on any atom is 0.0474 e. The molecule has 0 radical (unpaired) electrons. The lowest BCUT2D eigenvalue weighted by Gasteiger charge is -2.37. The van der Waals surface area contributed by atoms with Crippen LogP contribution in [-0.2, 0) is 19.3 Å². The van der Waals surface area contributed by atoms with Crippen LogP contribution in [0.5, 0.6) is 0 Å². The van der Waals surface area contributed by atoms with Crippen LogP contribution in [-0.4, -0.2) is 31.3 Å². The number of hydrogen-bond acceptors (Lipinski definition) is 3. The molecule has 0 spiro atoms. The number of anilines is 1. The highest BCUT2D eigenvalue weighted by Crippen LogP contribution is 2.36. The van der Waals surface area contributed by atoms with Gasteiger partial charge in [-0.25, -0.2) is 0 Å². The van der Waals surface area contributed by atoms with Crippen LogP contribution in [0.4, 0.5) is 5.69 Å². The molecule has 2 heterocycles. The van der Waals surface area contributed by atoms with Crippen molar-refractivity contribution in [2.24, 2.45) is 11.7 Å². The highest BCUT2D eigenvalue weighted by atomic mass is 35.5. The smallest absolute Gasteiger partial charge is 0.0474 e. The van der Waals surface area contributed by atoms with Gasteiger partial charge < -0.3 is 15.7 Å². The van der Waals surface area contributed by atoms with Gasteiger partial charge in [-0.1, -0.05) is 12.1 Å². The zero-order valence-electron chi connectivity index (χ0n) is 12.4. The summed E-state index contributed by atoms with van der Waals surface area (Å²) >= 11 is 0. The van der Waals surface area contributed by atoms with Crippen molar-refractivity contribution in [2.75, 3.05) is 31.1 Å². The second kappa shape index (κ2) is 8.23. The molecular weight excluding hydrogens is 307 g/mol. The molecule has 1 atom stereocenters. The molecule has 5 heteroatoms. The minimum atomic E-state index is 0. The van der Waals surface area contributed by atoms with Gasteiger partial charge >= 0.3 is 0 Å². The Labute approximate surface area is 139 Å². The van der Waals surface area contributed by atoms with E-state index in [4.69, 9.17) is 5.73 Å². The van der Waals surface area contributed by atoms with Crippen molar-refractivity contribution in [3.05, 3.63) is 28.8 Å². The topological polar surface area (TPSA) is 49.5 Å². The van der Waals surface area contributed by atoms with Gasteiger partial charge in [-0.3, -0.25) is 0 Å². The van der Waals surface area contributed by atoms with Crippen LogP contribution < -0.4 is 10.6 Å². The third-order valence-corrected chi connectivity index (χ3v) is 4.51. The fraction of sp³-hybridized carbons (Fsp3) is 0.625. The number of nitrogens with two attached hydrogens (primary N) is 1. The third kappa shape index (κ3) is 3.84. The van der Waals surface area contributed by atoms with Gasteiger partial charge in [0.05, 0.1) is 0 Å². The number of nitrogens with zero attached hydrogens (tertiary/aromatic N) is 1. The Balaban J connectivity index is 0.00000110. The second-order valence-electron chi connectivity index (χ2n) is 5.95. The van der Waals surface area contributed by atoms with Gasteiger partial charge in [0.25, 0.3) is 0 Å². The van der Waals surface area contributed by atoms with Crippen LogP contribution >= 0.6 is 24.8 Å². The lowest BCUT2D eigenvalue weighted by atomic mass is 9.88. The van der Waals surface area contributed by atoms with E-state index in [1.165, 1.54) is 61.2 Å². The molecule has 120 valence electrons. The van der Waals surface area contributed by atoms with Gasteiger partial charge in [-0.05, 0) is 61.3 Å². The largest absolute Gasteiger partial charge is 0.396 e. The molecule has 0 saturated heterocycles. The molecule has 3 rings (SSSR count). The van der Waals surface area contributed by atoms with Gasteiger partial charge in [0, 0.05) is 25.4 Å². The first-order valence-electron chi connectivity index (χ1n) is 7.52. The van der Waals surface area contributed by atoms with E-state index in [0.29, 0.717) is 6.54 Å². The standard InChI is InChI=1S/C16H24N2O.2ClH/c17-10-13(11-19)7-12-8-14-3-1-5-18-6-2-4-15(9-12)16(14)18;;/h8-9,13,19H,1-7,10-11,17H2;2*1H. The Morgan fingerprint density at radius 2 is 1.67 bits per heavy atom. The summed E-state index contributed by atoms with van der Waals surface area (Å²) in [6.07, 6.45) is 5.87. The third-order valence-electron chi connectivity index (χ3n) is 4.51. The summed E-state index contributed by atoms with van der Waals surface area (Å²) in [7, 11) is 0. The molecule has 3 nitrogen and oxygen atoms in total. The molecule has 0 amide bonds. The molecule has 2 aliphatic heterocycles. The normalized spacial score (nSPS) is 17.3. The fourth-order valence-electron chi connectivity index (χ4n) is 3.55. The minimum Gasteiger partial charge on any atom is -0.396 e. The molecule has 0 aliphatic carbocycles. The van der Waals surface area contributed by atoms with Crippen LogP contribution in [0.25, 0.3) is 0 Å².